The highest BCUT2D eigenvalue weighted by atomic mass is 16.7. The van der Waals surface area contributed by atoms with Gasteiger partial charge in [-0.2, -0.15) is 0 Å². The summed E-state index contributed by atoms with van der Waals surface area (Å²) in [5, 5.41) is 5.98. The van der Waals surface area contributed by atoms with Crippen molar-refractivity contribution in [3.8, 4) is 0 Å². The summed E-state index contributed by atoms with van der Waals surface area (Å²) >= 11 is 0. The van der Waals surface area contributed by atoms with Gasteiger partial charge in [0.1, 0.15) is 18.2 Å². The van der Waals surface area contributed by atoms with Gasteiger partial charge < -0.3 is 25.0 Å². The van der Waals surface area contributed by atoms with Gasteiger partial charge in [-0.15, -0.1) is 0 Å². The predicted molar refractivity (Wildman–Crippen MR) is 183 cm³/mol. The third-order valence-corrected chi connectivity index (χ3v) is 7.41. The molecule has 0 aliphatic carbocycles. The van der Waals surface area contributed by atoms with E-state index in [4.69, 9.17) is 14.3 Å². The number of amides is 4. The molecule has 49 heavy (non-hydrogen) atoms. The van der Waals surface area contributed by atoms with E-state index in [-0.39, 0.29) is 44.4 Å². The molecule has 0 bridgehead atoms. The highest BCUT2D eigenvalue weighted by molar-refractivity contribution is 5.91. The van der Waals surface area contributed by atoms with Crippen LogP contribution in [0.2, 0.25) is 0 Å². The van der Waals surface area contributed by atoms with Crippen LogP contribution in [0.3, 0.4) is 0 Å². The summed E-state index contributed by atoms with van der Waals surface area (Å²) in [7, 11) is 2.70. The summed E-state index contributed by atoms with van der Waals surface area (Å²) in [4.78, 5) is 71.9. The van der Waals surface area contributed by atoms with Crippen LogP contribution in [0.15, 0.2) is 91.0 Å². The van der Waals surface area contributed by atoms with Crippen molar-refractivity contribution in [3.63, 3.8) is 0 Å². The van der Waals surface area contributed by atoms with Crippen LogP contribution in [0, 0.1) is 0 Å². The molecule has 12 heteroatoms. The van der Waals surface area contributed by atoms with Crippen LogP contribution in [-0.4, -0.2) is 85.2 Å². The number of nitrogens with one attached hydrogen (secondary N) is 2. The molecule has 3 aromatic carbocycles. The maximum atomic E-state index is 14.4. The molecule has 0 heterocycles. The normalized spacial score (nSPS) is 11.6. The second-order valence-electron chi connectivity index (χ2n) is 12.3. The van der Waals surface area contributed by atoms with Crippen LogP contribution in [0.25, 0.3) is 0 Å². The fourth-order valence-corrected chi connectivity index (χ4v) is 4.85. The maximum Gasteiger partial charge on any atom is 0.408 e. The lowest BCUT2D eigenvalue weighted by Crippen LogP contribution is -2.52. The van der Waals surface area contributed by atoms with Crippen LogP contribution >= 0.6 is 0 Å². The van der Waals surface area contributed by atoms with Crippen molar-refractivity contribution in [2.75, 3.05) is 33.8 Å². The first-order chi connectivity index (χ1) is 23.4. The van der Waals surface area contributed by atoms with Gasteiger partial charge in [0, 0.05) is 32.5 Å². The zero-order valence-electron chi connectivity index (χ0n) is 28.7. The van der Waals surface area contributed by atoms with Crippen molar-refractivity contribution < 1.29 is 38.3 Å². The van der Waals surface area contributed by atoms with Crippen LogP contribution in [0.5, 0.6) is 0 Å². The minimum atomic E-state index is -1.35. The fourth-order valence-electron chi connectivity index (χ4n) is 4.85. The van der Waals surface area contributed by atoms with Crippen molar-refractivity contribution in [2.45, 2.75) is 57.8 Å². The number of Topliss-reactive ketones (excluding diaryl/α,β-unsaturated/α-hetero) is 1. The first-order valence-electron chi connectivity index (χ1n) is 16.0. The van der Waals surface area contributed by atoms with Gasteiger partial charge in [0.2, 0.25) is 11.8 Å². The van der Waals surface area contributed by atoms with E-state index in [0.717, 1.165) is 21.8 Å². The Balaban J connectivity index is 1.89. The van der Waals surface area contributed by atoms with Gasteiger partial charge in [-0.3, -0.25) is 19.2 Å². The van der Waals surface area contributed by atoms with Crippen molar-refractivity contribution in [3.05, 3.63) is 108 Å². The lowest BCUT2D eigenvalue weighted by atomic mass is 9.90. The van der Waals surface area contributed by atoms with Crippen LogP contribution in [-0.2, 0) is 35.3 Å². The molecule has 12 nitrogen and oxygen atoms in total. The first kappa shape index (κ1) is 38.2. The lowest BCUT2D eigenvalue weighted by molar-refractivity contribution is -0.170. The van der Waals surface area contributed by atoms with Crippen molar-refractivity contribution in [1.82, 2.24) is 20.6 Å². The summed E-state index contributed by atoms with van der Waals surface area (Å²) in [5.41, 5.74) is 1.85. The zero-order valence-corrected chi connectivity index (χ0v) is 28.7. The minimum absolute atomic E-state index is 0.0491. The number of ketones is 1. The summed E-state index contributed by atoms with van der Waals surface area (Å²) in [5.74, 6) is -1.82. The molecule has 0 aliphatic heterocycles. The monoisotopic (exact) mass is 674 g/mol. The summed E-state index contributed by atoms with van der Waals surface area (Å²) in [6.07, 6.45) is -2.18. The number of hydrogen-bond donors (Lipinski definition) is 2. The Kier molecular flexibility index (Phi) is 14.8. The Morgan fingerprint density at radius 2 is 1.35 bits per heavy atom. The van der Waals surface area contributed by atoms with Gasteiger partial charge in [0.15, 0.2) is 5.78 Å². The molecule has 262 valence electrons. The van der Waals surface area contributed by atoms with Crippen molar-refractivity contribution >= 4 is 29.8 Å². The smallest absolute Gasteiger partial charge is 0.408 e. The van der Waals surface area contributed by atoms with E-state index < -0.39 is 42.1 Å². The molecule has 2 N–H and O–H groups in total. The molecule has 0 aliphatic rings. The van der Waals surface area contributed by atoms with Gasteiger partial charge in [0.05, 0.1) is 20.1 Å². The van der Waals surface area contributed by atoms with E-state index in [2.05, 4.69) is 10.6 Å². The third-order valence-electron chi connectivity index (χ3n) is 7.41. The van der Waals surface area contributed by atoms with Gasteiger partial charge in [-0.1, -0.05) is 91.0 Å². The summed E-state index contributed by atoms with van der Waals surface area (Å²) in [6, 6.07) is 26.8. The first-order valence-corrected chi connectivity index (χ1v) is 16.0. The second kappa shape index (κ2) is 18.9. The van der Waals surface area contributed by atoms with Crippen molar-refractivity contribution in [1.29, 1.82) is 0 Å². The quantitative estimate of drug-likeness (QED) is 0.206. The van der Waals surface area contributed by atoms with Crippen LogP contribution in [0.1, 0.15) is 56.2 Å². The number of hydroxylamine groups is 2. The van der Waals surface area contributed by atoms with Gasteiger partial charge in [0.25, 0.3) is 0 Å². The average Bonchev–Trinajstić information content (AvgIpc) is 3.09. The molecule has 0 unspecified atom stereocenters. The topological polar surface area (TPSA) is 144 Å². The molecule has 3 aromatic rings. The third kappa shape index (κ3) is 13.4. The molecule has 4 amide bonds. The van der Waals surface area contributed by atoms with E-state index in [1.807, 2.05) is 66.7 Å². The van der Waals surface area contributed by atoms with Crippen LogP contribution in [0.4, 0.5) is 9.59 Å². The Morgan fingerprint density at radius 3 is 1.88 bits per heavy atom. The molecule has 0 radical (unpaired) electrons. The molecular formula is C37H46N4O8. The Bertz CT molecular complexity index is 1470. The standard InChI is InChI=1S/C37H46N4O8/c1-37(2,3)49-35(45)38-24-30(42)21-22-41(25-31(28-17-11-7-12-18-28)29-19-13-8-14-20-29)34(44)32(23-33(43)40(4)47-5)39-36(46)48-26-27-15-9-6-10-16-27/h6-20,31-32H,21-26H2,1-5H3,(H,38,45)(H,39,46)/t32-/m0/s1. The number of carbonyl (C=O) groups is 5. The number of carbonyl (C=O) groups excluding carboxylic acids is 5. The number of ether oxygens (including phenoxy) is 2. The van der Waals surface area contributed by atoms with Gasteiger partial charge in [-0.05, 0) is 37.5 Å². The second-order valence-corrected chi connectivity index (χ2v) is 12.3. The van der Waals surface area contributed by atoms with E-state index in [1.165, 1.54) is 19.1 Å². The Hall–Kier alpha value is -5.23. The summed E-state index contributed by atoms with van der Waals surface area (Å²) in [6.45, 7) is 4.84. The molecule has 3 rings (SSSR count). The predicted octanol–water partition coefficient (Wildman–Crippen LogP) is 4.84. The lowest BCUT2D eigenvalue weighted by Gasteiger charge is -2.32. The number of benzene rings is 3. The van der Waals surface area contributed by atoms with E-state index in [0.29, 0.717) is 0 Å². The minimum Gasteiger partial charge on any atom is -0.445 e. The molecular weight excluding hydrogens is 628 g/mol. The highest BCUT2D eigenvalue weighted by Gasteiger charge is 2.32. The number of alkyl carbamates (subject to hydrolysis) is 2. The van der Waals surface area contributed by atoms with Crippen LogP contribution < -0.4 is 10.6 Å². The van der Waals surface area contributed by atoms with Crippen molar-refractivity contribution in [2.24, 2.45) is 0 Å². The van der Waals surface area contributed by atoms with E-state index in [1.54, 1.807) is 45.0 Å². The van der Waals surface area contributed by atoms with Gasteiger partial charge in [-0.25, -0.2) is 14.7 Å². The SMILES string of the molecule is CON(C)C(=O)C[C@H](NC(=O)OCc1ccccc1)C(=O)N(CCC(=O)CNC(=O)OC(C)(C)C)CC(c1ccccc1)c1ccccc1. The number of rotatable bonds is 16. The van der Waals surface area contributed by atoms with E-state index in [9.17, 15) is 24.0 Å². The Morgan fingerprint density at radius 1 is 0.796 bits per heavy atom. The number of nitrogens with zero attached hydrogens (tertiary/aromatic N) is 2. The molecule has 1 atom stereocenters. The molecule has 0 saturated carbocycles. The maximum absolute atomic E-state index is 14.4. The molecule has 0 saturated heterocycles. The fraction of sp³-hybridized carbons (Fsp3) is 0.378. The van der Waals surface area contributed by atoms with Gasteiger partial charge >= 0.3 is 12.2 Å². The molecule has 0 aromatic heterocycles. The summed E-state index contributed by atoms with van der Waals surface area (Å²) < 4.78 is 10.6. The highest BCUT2D eigenvalue weighted by Crippen LogP contribution is 2.26. The largest absolute Gasteiger partial charge is 0.445 e. The Labute approximate surface area is 287 Å². The zero-order chi connectivity index (χ0) is 35.8. The van der Waals surface area contributed by atoms with E-state index >= 15 is 0 Å². The number of hydrogen-bond acceptors (Lipinski definition) is 8. The average molecular weight is 675 g/mol. The molecule has 0 fully saturated rings. The molecule has 0 spiro atoms.